The maximum Gasteiger partial charge on any atom is 0.407 e. The van der Waals surface area contributed by atoms with Crippen LogP contribution in [-0.2, 0) is 11.2 Å². The molecule has 0 aliphatic heterocycles. The molecule has 16 heavy (non-hydrogen) atoms. The summed E-state index contributed by atoms with van der Waals surface area (Å²) in [5.41, 5.74) is 0.737. The van der Waals surface area contributed by atoms with E-state index >= 15 is 0 Å². The van der Waals surface area contributed by atoms with E-state index in [9.17, 15) is 4.79 Å². The van der Waals surface area contributed by atoms with Crippen molar-refractivity contribution in [3.8, 4) is 0 Å². The van der Waals surface area contributed by atoms with Crippen LogP contribution in [0.5, 0.6) is 0 Å². The lowest BCUT2D eigenvalue weighted by Crippen LogP contribution is -2.33. The minimum atomic E-state index is -0.439. The predicted molar refractivity (Wildman–Crippen MR) is 63.2 cm³/mol. The van der Waals surface area contributed by atoms with Crippen molar-refractivity contribution < 1.29 is 9.53 Å². The van der Waals surface area contributed by atoms with Crippen molar-refractivity contribution >= 4 is 6.09 Å². The first-order chi connectivity index (χ1) is 7.47. The first kappa shape index (κ1) is 12.6. The van der Waals surface area contributed by atoms with E-state index in [2.05, 4.69) is 11.4 Å². The SMILES string of the molecule is CC(C)(C)OC(=O)NCCc1cc[c]cc1. The highest BCUT2D eigenvalue weighted by Gasteiger charge is 2.15. The lowest BCUT2D eigenvalue weighted by Gasteiger charge is -2.19. The predicted octanol–water partition coefficient (Wildman–Crippen LogP) is 2.55. The zero-order valence-corrected chi connectivity index (χ0v) is 10.0. The van der Waals surface area contributed by atoms with E-state index in [1.54, 1.807) is 0 Å². The Morgan fingerprint density at radius 2 is 2.00 bits per heavy atom. The molecule has 0 saturated carbocycles. The third-order valence-corrected chi connectivity index (χ3v) is 1.87. The van der Waals surface area contributed by atoms with E-state index < -0.39 is 5.60 Å². The summed E-state index contributed by atoms with van der Waals surface area (Å²) in [4.78, 5) is 11.3. The van der Waals surface area contributed by atoms with Crippen LogP contribution in [0.4, 0.5) is 4.79 Å². The van der Waals surface area contributed by atoms with E-state index in [0.29, 0.717) is 6.54 Å². The van der Waals surface area contributed by atoms with Gasteiger partial charge in [0.15, 0.2) is 0 Å². The molecule has 0 spiro atoms. The summed E-state index contributed by atoms with van der Waals surface area (Å²) in [6.07, 6.45) is 0.434. The zero-order valence-electron chi connectivity index (χ0n) is 10.0. The summed E-state index contributed by atoms with van der Waals surface area (Å²) in [6.45, 7) is 6.12. The highest BCUT2D eigenvalue weighted by molar-refractivity contribution is 5.67. The zero-order chi connectivity index (χ0) is 12.0. The van der Waals surface area contributed by atoms with Gasteiger partial charge in [0.05, 0.1) is 0 Å². The molecule has 1 amide bonds. The number of carbonyl (C=O) groups excluding carboxylic acids is 1. The van der Waals surface area contributed by atoms with Crippen LogP contribution >= 0.6 is 0 Å². The van der Waals surface area contributed by atoms with Gasteiger partial charge in [-0.3, -0.25) is 0 Å². The largest absolute Gasteiger partial charge is 0.444 e. The van der Waals surface area contributed by atoms with Crippen molar-refractivity contribution in [2.24, 2.45) is 0 Å². The Labute approximate surface area is 96.8 Å². The Hall–Kier alpha value is -1.51. The standard InChI is InChI=1S/C13H18NO2/c1-13(2,3)16-12(15)14-10-9-11-7-5-4-6-8-11/h5-8H,9-10H2,1-3H3,(H,14,15). The Bertz CT molecular complexity index is 328. The fourth-order valence-electron chi connectivity index (χ4n) is 1.21. The average Bonchev–Trinajstić information content (AvgIpc) is 2.16. The van der Waals surface area contributed by atoms with Crippen LogP contribution in [0.15, 0.2) is 24.3 Å². The molecule has 3 nitrogen and oxygen atoms in total. The fraction of sp³-hybridized carbons (Fsp3) is 0.462. The van der Waals surface area contributed by atoms with Crippen LogP contribution in [-0.4, -0.2) is 18.2 Å². The molecule has 0 aliphatic rings. The number of hydrogen-bond donors (Lipinski definition) is 1. The molecule has 3 heteroatoms. The lowest BCUT2D eigenvalue weighted by molar-refractivity contribution is 0.0528. The van der Waals surface area contributed by atoms with Gasteiger partial charge in [-0.2, -0.15) is 0 Å². The van der Waals surface area contributed by atoms with Gasteiger partial charge in [-0.05, 0) is 38.8 Å². The first-order valence-electron chi connectivity index (χ1n) is 5.39. The van der Waals surface area contributed by atoms with Crippen LogP contribution in [0, 0.1) is 6.07 Å². The first-order valence-corrected chi connectivity index (χ1v) is 5.39. The molecule has 1 aromatic carbocycles. The second-order valence-corrected chi connectivity index (χ2v) is 4.59. The topological polar surface area (TPSA) is 38.3 Å². The Kier molecular flexibility index (Phi) is 4.35. The number of alkyl carbamates (subject to hydrolysis) is 1. The van der Waals surface area contributed by atoms with Gasteiger partial charge >= 0.3 is 6.09 Å². The van der Waals surface area contributed by atoms with E-state index in [-0.39, 0.29) is 6.09 Å². The third kappa shape index (κ3) is 5.39. The molecule has 0 unspecified atom stereocenters. The summed E-state index contributed by atoms with van der Waals surface area (Å²) >= 11 is 0. The lowest BCUT2D eigenvalue weighted by atomic mass is 10.1. The van der Waals surface area contributed by atoms with Gasteiger partial charge in [0.1, 0.15) is 5.60 Å². The highest BCUT2D eigenvalue weighted by atomic mass is 16.6. The van der Waals surface area contributed by atoms with Crippen LogP contribution in [0.2, 0.25) is 0 Å². The summed E-state index contributed by atoms with van der Waals surface area (Å²) in [5, 5.41) is 2.72. The number of nitrogens with one attached hydrogen (secondary N) is 1. The second-order valence-electron chi connectivity index (χ2n) is 4.59. The number of benzene rings is 1. The van der Waals surface area contributed by atoms with Gasteiger partial charge in [0.2, 0.25) is 0 Å². The molecule has 0 saturated heterocycles. The maximum absolute atomic E-state index is 11.3. The Morgan fingerprint density at radius 3 is 2.56 bits per heavy atom. The number of rotatable bonds is 3. The molecule has 1 rings (SSSR count). The molecular formula is C13H18NO2. The molecule has 0 aliphatic carbocycles. The molecule has 0 bridgehead atoms. The van der Waals surface area contributed by atoms with Crippen molar-refractivity contribution in [2.75, 3.05) is 6.54 Å². The summed E-state index contributed by atoms with van der Waals surface area (Å²) < 4.78 is 5.12. The number of carbonyl (C=O) groups is 1. The van der Waals surface area contributed by atoms with Gasteiger partial charge in [0, 0.05) is 6.54 Å². The number of ether oxygens (including phenoxy) is 1. The summed E-state index contributed by atoms with van der Waals surface area (Å²) in [5.74, 6) is 0. The summed E-state index contributed by atoms with van der Waals surface area (Å²) in [6, 6.07) is 10.6. The molecule has 1 aromatic rings. The van der Waals surface area contributed by atoms with Crippen molar-refractivity contribution in [1.82, 2.24) is 5.32 Å². The summed E-state index contributed by atoms with van der Waals surface area (Å²) in [7, 11) is 0. The molecule has 0 aromatic heterocycles. The van der Waals surface area contributed by atoms with Crippen molar-refractivity contribution in [2.45, 2.75) is 32.8 Å². The molecule has 1 N–H and O–H groups in total. The molecular weight excluding hydrogens is 202 g/mol. The second kappa shape index (κ2) is 5.54. The number of hydrogen-bond acceptors (Lipinski definition) is 2. The average molecular weight is 220 g/mol. The van der Waals surface area contributed by atoms with Gasteiger partial charge in [0.25, 0.3) is 0 Å². The molecule has 0 heterocycles. The smallest absolute Gasteiger partial charge is 0.407 e. The molecule has 1 radical (unpaired) electrons. The van der Waals surface area contributed by atoms with E-state index in [1.165, 1.54) is 5.56 Å². The Balaban J connectivity index is 2.24. The van der Waals surface area contributed by atoms with Crippen molar-refractivity contribution in [3.63, 3.8) is 0 Å². The molecule has 87 valence electrons. The quantitative estimate of drug-likeness (QED) is 0.850. The van der Waals surface area contributed by atoms with E-state index in [0.717, 1.165) is 6.42 Å². The monoisotopic (exact) mass is 220 g/mol. The van der Waals surface area contributed by atoms with Gasteiger partial charge in [-0.15, -0.1) is 0 Å². The van der Waals surface area contributed by atoms with Crippen LogP contribution in [0.3, 0.4) is 0 Å². The molecule has 0 fully saturated rings. The van der Waals surface area contributed by atoms with Gasteiger partial charge < -0.3 is 10.1 Å². The minimum Gasteiger partial charge on any atom is -0.444 e. The van der Waals surface area contributed by atoms with E-state index in [4.69, 9.17) is 4.74 Å². The molecule has 0 atom stereocenters. The highest BCUT2D eigenvalue weighted by Crippen LogP contribution is 2.06. The third-order valence-electron chi connectivity index (χ3n) is 1.87. The normalized spacial score (nSPS) is 10.9. The minimum absolute atomic E-state index is 0.366. The van der Waals surface area contributed by atoms with Crippen molar-refractivity contribution in [3.05, 3.63) is 35.9 Å². The van der Waals surface area contributed by atoms with Gasteiger partial charge in [-0.1, -0.05) is 24.3 Å². The number of amides is 1. The van der Waals surface area contributed by atoms with Crippen LogP contribution < -0.4 is 5.32 Å². The van der Waals surface area contributed by atoms with Crippen molar-refractivity contribution in [1.29, 1.82) is 0 Å². The van der Waals surface area contributed by atoms with Gasteiger partial charge in [-0.25, -0.2) is 4.79 Å². The fourth-order valence-corrected chi connectivity index (χ4v) is 1.21. The van der Waals surface area contributed by atoms with E-state index in [1.807, 2.05) is 45.0 Å². The maximum atomic E-state index is 11.3. The van der Waals surface area contributed by atoms with Crippen LogP contribution in [0.25, 0.3) is 0 Å². The Morgan fingerprint density at radius 1 is 1.38 bits per heavy atom. The van der Waals surface area contributed by atoms with Crippen LogP contribution in [0.1, 0.15) is 26.3 Å².